The molecule has 0 saturated heterocycles. The molecule has 5 nitrogen and oxygen atoms in total. The highest BCUT2D eigenvalue weighted by Crippen LogP contribution is 2.37. The molecular weight excluding hydrogens is 368 g/mol. The van der Waals surface area contributed by atoms with Crippen LogP contribution < -0.4 is 0 Å². The molecule has 0 aliphatic heterocycles. The summed E-state index contributed by atoms with van der Waals surface area (Å²) in [5.74, 6) is 0.0234. The number of aryl methyl sites for hydroxylation is 1. The molecule has 1 heterocycles. The fraction of sp³-hybridized carbons (Fsp3) is 0.0909. The van der Waals surface area contributed by atoms with Gasteiger partial charge in [0.15, 0.2) is 5.78 Å². The lowest BCUT2D eigenvalue weighted by Crippen LogP contribution is -2.11. The first-order valence-electron chi connectivity index (χ1n) is 8.88. The Morgan fingerprint density at radius 2 is 1.54 bits per heavy atom. The molecule has 0 radical (unpaired) electrons. The average Bonchev–Trinajstić information content (AvgIpc) is 3.21. The van der Waals surface area contributed by atoms with E-state index in [9.17, 15) is 4.79 Å². The molecule has 0 saturated carbocycles. The minimum Gasteiger partial charge on any atom is -0.293 e. The van der Waals surface area contributed by atoms with E-state index in [1.54, 1.807) is 4.68 Å². The minimum atomic E-state index is -0.446. The second-order valence-corrected chi connectivity index (χ2v) is 7.42. The van der Waals surface area contributed by atoms with Crippen LogP contribution in [0.3, 0.4) is 0 Å². The Bertz CT molecular complexity index is 1060. The first kappa shape index (κ1) is 18.1. The van der Waals surface area contributed by atoms with Crippen molar-refractivity contribution in [2.45, 2.75) is 17.3 Å². The normalized spacial score (nSPS) is 11.9. The van der Waals surface area contributed by atoms with Gasteiger partial charge in [0.2, 0.25) is 5.16 Å². The molecule has 0 spiro atoms. The van der Waals surface area contributed by atoms with Gasteiger partial charge < -0.3 is 0 Å². The van der Waals surface area contributed by atoms with Crippen LogP contribution in [-0.2, 0) is 0 Å². The molecule has 6 heteroatoms. The highest BCUT2D eigenvalue weighted by molar-refractivity contribution is 8.00. The van der Waals surface area contributed by atoms with E-state index in [1.165, 1.54) is 11.8 Å². The number of rotatable bonds is 6. The van der Waals surface area contributed by atoms with Gasteiger partial charge in [0.25, 0.3) is 0 Å². The summed E-state index contributed by atoms with van der Waals surface area (Å²) < 4.78 is 1.66. The number of aromatic nitrogens is 4. The van der Waals surface area contributed by atoms with Gasteiger partial charge in [-0.1, -0.05) is 90.1 Å². The number of tetrazole rings is 1. The number of hydrogen-bond donors (Lipinski definition) is 0. The Morgan fingerprint density at radius 3 is 2.21 bits per heavy atom. The molecule has 0 aliphatic carbocycles. The summed E-state index contributed by atoms with van der Waals surface area (Å²) in [5.41, 5.74) is 3.60. The molecule has 1 atom stereocenters. The molecule has 1 aromatic heterocycles. The number of benzene rings is 3. The Balaban J connectivity index is 1.71. The topological polar surface area (TPSA) is 60.7 Å². The second kappa shape index (κ2) is 8.19. The number of ketones is 1. The van der Waals surface area contributed by atoms with Crippen LogP contribution in [0.1, 0.15) is 26.7 Å². The molecule has 3 aromatic carbocycles. The van der Waals surface area contributed by atoms with Gasteiger partial charge in [-0.2, -0.15) is 4.68 Å². The highest BCUT2D eigenvalue weighted by atomic mass is 32.2. The van der Waals surface area contributed by atoms with Gasteiger partial charge in [-0.15, -0.1) is 5.10 Å². The molecule has 138 valence electrons. The van der Waals surface area contributed by atoms with Crippen molar-refractivity contribution in [1.82, 2.24) is 20.2 Å². The number of Topliss-reactive ketones (excluding diaryl/α,β-unsaturated/α-hetero) is 1. The van der Waals surface area contributed by atoms with Crippen molar-refractivity contribution in [3.8, 4) is 5.69 Å². The minimum absolute atomic E-state index is 0.0234. The van der Waals surface area contributed by atoms with Gasteiger partial charge in [-0.25, -0.2) is 0 Å². The van der Waals surface area contributed by atoms with Crippen molar-refractivity contribution < 1.29 is 4.79 Å². The summed E-state index contributed by atoms with van der Waals surface area (Å²) in [7, 11) is 0. The number of hydrogen-bond acceptors (Lipinski definition) is 5. The molecule has 0 fully saturated rings. The van der Waals surface area contributed by atoms with Crippen molar-refractivity contribution in [1.29, 1.82) is 0 Å². The zero-order valence-corrected chi connectivity index (χ0v) is 16.1. The summed E-state index contributed by atoms with van der Waals surface area (Å²) in [6.07, 6.45) is 0. The quantitative estimate of drug-likeness (QED) is 0.355. The van der Waals surface area contributed by atoms with E-state index in [-0.39, 0.29) is 5.78 Å². The third-order valence-corrected chi connectivity index (χ3v) is 5.53. The van der Waals surface area contributed by atoms with Crippen molar-refractivity contribution in [2.24, 2.45) is 0 Å². The third-order valence-electron chi connectivity index (χ3n) is 4.34. The fourth-order valence-corrected chi connectivity index (χ4v) is 3.93. The van der Waals surface area contributed by atoms with Gasteiger partial charge in [-0.05, 0) is 35.0 Å². The SMILES string of the molecule is Cc1ccc(-n2nnnc2S[C@H](C(=O)c2ccccc2)c2ccccc2)cc1. The van der Waals surface area contributed by atoms with Gasteiger partial charge >= 0.3 is 0 Å². The average molecular weight is 386 g/mol. The summed E-state index contributed by atoms with van der Waals surface area (Å²) in [6, 6.07) is 27.0. The van der Waals surface area contributed by atoms with Gasteiger partial charge in [0.05, 0.1) is 5.69 Å². The first-order valence-corrected chi connectivity index (χ1v) is 9.76. The van der Waals surface area contributed by atoms with E-state index in [1.807, 2.05) is 91.9 Å². The molecular formula is C22H18N4OS. The molecule has 0 N–H and O–H groups in total. The molecule has 4 aromatic rings. The fourth-order valence-electron chi connectivity index (χ4n) is 2.86. The van der Waals surface area contributed by atoms with Crippen molar-refractivity contribution in [3.05, 3.63) is 102 Å². The predicted octanol–water partition coefficient (Wildman–Crippen LogP) is 4.69. The van der Waals surface area contributed by atoms with E-state index in [0.29, 0.717) is 10.7 Å². The second-order valence-electron chi connectivity index (χ2n) is 6.35. The third kappa shape index (κ3) is 3.87. The van der Waals surface area contributed by atoms with E-state index in [0.717, 1.165) is 16.8 Å². The van der Waals surface area contributed by atoms with Crippen LogP contribution in [0, 0.1) is 6.92 Å². The zero-order chi connectivity index (χ0) is 19.3. The van der Waals surface area contributed by atoms with Crippen LogP contribution in [0.4, 0.5) is 0 Å². The summed E-state index contributed by atoms with van der Waals surface area (Å²) >= 11 is 1.35. The lowest BCUT2D eigenvalue weighted by molar-refractivity contribution is 0.0989. The number of carbonyl (C=O) groups is 1. The first-order chi connectivity index (χ1) is 13.7. The van der Waals surface area contributed by atoms with E-state index < -0.39 is 5.25 Å². The Labute approximate surface area is 167 Å². The Hall–Kier alpha value is -3.25. The number of thioether (sulfide) groups is 1. The summed E-state index contributed by atoms with van der Waals surface area (Å²) in [6.45, 7) is 2.03. The largest absolute Gasteiger partial charge is 0.293 e. The van der Waals surface area contributed by atoms with Gasteiger partial charge in [-0.3, -0.25) is 4.79 Å². The van der Waals surface area contributed by atoms with Crippen molar-refractivity contribution in [3.63, 3.8) is 0 Å². The van der Waals surface area contributed by atoms with Gasteiger partial charge in [0.1, 0.15) is 5.25 Å². The standard InChI is InChI=1S/C22H18N4OS/c1-16-12-14-19(15-13-16)26-22(23-24-25-26)28-21(18-10-6-3-7-11-18)20(27)17-8-4-2-5-9-17/h2-15,21H,1H3/t21-/m0/s1. The molecule has 0 unspecified atom stereocenters. The predicted molar refractivity (Wildman–Crippen MR) is 110 cm³/mol. The van der Waals surface area contributed by atoms with E-state index in [2.05, 4.69) is 15.5 Å². The number of nitrogens with zero attached hydrogens (tertiary/aromatic N) is 4. The van der Waals surface area contributed by atoms with Gasteiger partial charge in [0, 0.05) is 5.56 Å². The lowest BCUT2D eigenvalue weighted by atomic mass is 10.0. The molecule has 0 aliphatic rings. The lowest BCUT2D eigenvalue weighted by Gasteiger charge is -2.15. The maximum Gasteiger partial charge on any atom is 0.215 e. The van der Waals surface area contributed by atoms with Crippen LogP contribution in [0.5, 0.6) is 0 Å². The van der Waals surface area contributed by atoms with Crippen molar-refractivity contribution in [2.75, 3.05) is 0 Å². The maximum atomic E-state index is 13.3. The van der Waals surface area contributed by atoms with Crippen LogP contribution >= 0.6 is 11.8 Å². The maximum absolute atomic E-state index is 13.3. The molecule has 0 amide bonds. The van der Waals surface area contributed by atoms with Crippen molar-refractivity contribution >= 4 is 17.5 Å². The molecule has 4 rings (SSSR count). The van der Waals surface area contributed by atoms with Crippen LogP contribution in [-0.4, -0.2) is 26.0 Å². The summed E-state index contributed by atoms with van der Waals surface area (Å²) in [5, 5.41) is 12.2. The number of carbonyl (C=O) groups excluding carboxylic acids is 1. The zero-order valence-electron chi connectivity index (χ0n) is 15.3. The molecule has 0 bridgehead atoms. The smallest absolute Gasteiger partial charge is 0.215 e. The van der Waals surface area contributed by atoms with Crippen LogP contribution in [0.15, 0.2) is 90.1 Å². The summed E-state index contributed by atoms with van der Waals surface area (Å²) in [4.78, 5) is 13.3. The van der Waals surface area contributed by atoms with Crippen LogP contribution in [0.25, 0.3) is 5.69 Å². The van der Waals surface area contributed by atoms with E-state index in [4.69, 9.17) is 0 Å². The molecule has 28 heavy (non-hydrogen) atoms. The highest BCUT2D eigenvalue weighted by Gasteiger charge is 2.26. The Morgan fingerprint density at radius 1 is 0.893 bits per heavy atom. The van der Waals surface area contributed by atoms with E-state index >= 15 is 0 Å². The van der Waals surface area contributed by atoms with Crippen LogP contribution in [0.2, 0.25) is 0 Å². The monoisotopic (exact) mass is 386 g/mol. The Kier molecular flexibility index (Phi) is 5.30.